The molecule has 0 aliphatic heterocycles. The van der Waals surface area contributed by atoms with E-state index in [0.29, 0.717) is 17.4 Å². The van der Waals surface area contributed by atoms with Gasteiger partial charge >= 0.3 is 0 Å². The maximum absolute atomic E-state index is 10.3. The Hall–Kier alpha value is -2.13. The van der Waals surface area contributed by atoms with E-state index in [-0.39, 0.29) is 0 Å². The lowest BCUT2D eigenvalue weighted by molar-refractivity contribution is 0.112. The molecule has 1 aromatic heterocycles. The Morgan fingerprint density at radius 1 is 1.50 bits per heavy atom. The Kier molecular flexibility index (Phi) is 2.59. The second kappa shape index (κ2) is 3.90. The molecule has 3 nitrogen and oxygen atoms in total. The average Bonchev–Trinajstić information content (AvgIpc) is 2.15. The highest BCUT2D eigenvalue weighted by Gasteiger charge is 1.90. The summed E-state index contributed by atoms with van der Waals surface area (Å²) in [6, 6.07) is 3.25. The molecule has 1 heterocycles. The molecule has 0 unspecified atom stereocenters. The van der Waals surface area contributed by atoms with Gasteiger partial charge in [0, 0.05) is 29.4 Å². The summed E-state index contributed by atoms with van der Waals surface area (Å²) in [5.41, 5.74) is 1.03. The molecule has 0 aliphatic rings. The Labute approximate surface area is 69.7 Å². The third kappa shape index (κ3) is 1.93. The van der Waals surface area contributed by atoms with Gasteiger partial charge in [-0.25, -0.2) is 0 Å². The molecule has 0 amide bonds. The Morgan fingerprint density at radius 3 is 3.00 bits per heavy atom. The second-order valence-electron chi connectivity index (χ2n) is 1.99. The van der Waals surface area contributed by atoms with Gasteiger partial charge in [0.25, 0.3) is 0 Å². The maximum atomic E-state index is 10.3. The number of rotatable bonds is 1. The minimum absolute atomic E-state index is 0.458. The first kappa shape index (κ1) is 7.97. The Bertz CT molecular complexity index is 393. The normalized spacial score (nSPS) is 7.58. The lowest BCUT2D eigenvalue weighted by Crippen LogP contribution is -1.84. The van der Waals surface area contributed by atoms with Gasteiger partial charge in [0.1, 0.15) is 0 Å². The zero-order chi connectivity index (χ0) is 8.81. The SMILES string of the molecule is N#CC#Cc1cncc(C=O)c1. The van der Waals surface area contributed by atoms with Gasteiger partial charge in [-0.1, -0.05) is 0 Å². The minimum Gasteiger partial charge on any atom is -0.298 e. The van der Waals surface area contributed by atoms with Crippen molar-refractivity contribution in [3.8, 4) is 17.9 Å². The summed E-state index contributed by atoms with van der Waals surface area (Å²) >= 11 is 0. The van der Waals surface area contributed by atoms with Crippen molar-refractivity contribution in [1.29, 1.82) is 5.26 Å². The number of hydrogen-bond acceptors (Lipinski definition) is 3. The monoisotopic (exact) mass is 156 g/mol. The van der Waals surface area contributed by atoms with Crippen molar-refractivity contribution in [2.45, 2.75) is 0 Å². The highest BCUT2D eigenvalue weighted by molar-refractivity contribution is 5.74. The number of pyridine rings is 1. The van der Waals surface area contributed by atoms with Crippen LogP contribution in [0.2, 0.25) is 0 Å². The molecule has 56 valence electrons. The number of carbonyl (C=O) groups excluding carboxylic acids is 1. The molecular weight excluding hydrogens is 152 g/mol. The van der Waals surface area contributed by atoms with Crippen LogP contribution in [0.5, 0.6) is 0 Å². The smallest absolute Gasteiger partial charge is 0.152 e. The molecule has 0 N–H and O–H groups in total. The van der Waals surface area contributed by atoms with Crippen LogP contribution in [0, 0.1) is 23.2 Å². The lowest BCUT2D eigenvalue weighted by atomic mass is 10.2. The van der Waals surface area contributed by atoms with Crippen LogP contribution in [-0.2, 0) is 0 Å². The van der Waals surface area contributed by atoms with E-state index in [2.05, 4.69) is 16.8 Å². The summed E-state index contributed by atoms with van der Waals surface area (Å²) in [4.78, 5) is 14.0. The van der Waals surface area contributed by atoms with Crippen molar-refractivity contribution >= 4 is 6.29 Å². The number of aldehydes is 1. The molecule has 1 aromatic rings. The summed E-state index contributed by atoms with van der Waals surface area (Å²) in [5.74, 6) is 4.75. The fourth-order valence-corrected chi connectivity index (χ4v) is 0.691. The van der Waals surface area contributed by atoms with Gasteiger partial charge in [-0.05, 0) is 12.0 Å². The summed E-state index contributed by atoms with van der Waals surface area (Å²) in [6.45, 7) is 0. The zero-order valence-electron chi connectivity index (χ0n) is 6.11. The molecule has 0 aromatic carbocycles. The highest BCUT2D eigenvalue weighted by atomic mass is 16.1. The third-order valence-electron chi connectivity index (χ3n) is 1.16. The van der Waals surface area contributed by atoms with Gasteiger partial charge in [-0.3, -0.25) is 9.78 Å². The van der Waals surface area contributed by atoms with E-state index in [0.717, 1.165) is 0 Å². The van der Waals surface area contributed by atoms with Crippen molar-refractivity contribution in [1.82, 2.24) is 4.98 Å². The number of carbonyl (C=O) groups is 1. The van der Waals surface area contributed by atoms with Crippen LogP contribution < -0.4 is 0 Å². The third-order valence-corrected chi connectivity index (χ3v) is 1.16. The molecule has 3 heteroatoms. The van der Waals surface area contributed by atoms with Crippen LogP contribution in [0.4, 0.5) is 0 Å². The fraction of sp³-hybridized carbons (Fsp3) is 0. The van der Waals surface area contributed by atoms with Gasteiger partial charge in [0.2, 0.25) is 0 Å². The van der Waals surface area contributed by atoms with Crippen LogP contribution in [0.1, 0.15) is 15.9 Å². The predicted octanol–water partition coefficient (Wildman–Crippen LogP) is 0.769. The second-order valence-corrected chi connectivity index (χ2v) is 1.99. The largest absolute Gasteiger partial charge is 0.298 e. The molecule has 0 bridgehead atoms. The first-order valence-corrected chi connectivity index (χ1v) is 3.17. The van der Waals surface area contributed by atoms with E-state index >= 15 is 0 Å². The molecule has 0 aliphatic carbocycles. The van der Waals surface area contributed by atoms with Gasteiger partial charge in [-0.15, -0.1) is 0 Å². The van der Waals surface area contributed by atoms with Crippen LogP contribution >= 0.6 is 0 Å². The Balaban J connectivity index is 3.03. The van der Waals surface area contributed by atoms with E-state index in [1.165, 1.54) is 12.4 Å². The van der Waals surface area contributed by atoms with Crippen molar-refractivity contribution < 1.29 is 4.79 Å². The molecule has 1 rings (SSSR count). The van der Waals surface area contributed by atoms with Crippen LogP contribution in [0.3, 0.4) is 0 Å². The van der Waals surface area contributed by atoms with E-state index in [4.69, 9.17) is 5.26 Å². The standard InChI is InChI=1S/C9H4N2O/c10-3-1-2-8-4-9(7-12)6-11-5-8/h4-7H. The van der Waals surface area contributed by atoms with Crippen LogP contribution in [0.25, 0.3) is 0 Å². The molecule has 0 saturated carbocycles. The topological polar surface area (TPSA) is 53.8 Å². The molecule has 0 saturated heterocycles. The highest BCUT2D eigenvalue weighted by Crippen LogP contribution is 1.97. The fourth-order valence-electron chi connectivity index (χ4n) is 0.691. The number of nitrogens with zero attached hydrogens (tertiary/aromatic N) is 2. The average molecular weight is 156 g/mol. The van der Waals surface area contributed by atoms with Crippen LogP contribution in [-0.4, -0.2) is 11.3 Å². The first-order chi connectivity index (χ1) is 5.86. The first-order valence-electron chi connectivity index (χ1n) is 3.17. The lowest BCUT2D eigenvalue weighted by Gasteiger charge is -1.89. The summed E-state index contributed by atoms with van der Waals surface area (Å²) < 4.78 is 0. The summed E-state index contributed by atoms with van der Waals surface area (Å²) in [6.07, 6.45) is 3.62. The Morgan fingerprint density at radius 2 is 2.33 bits per heavy atom. The molecule has 0 spiro atoms. The maximum Gasteiger partial charge on any atom is 0.152 e. The quantitative estimate of drug-likeness (QED) is 0.445. The summed E-state index contributed by atoms with van der Waals surface area (Å²) in [7, 11) is 0. The molecular formula is C9H4N2O. The molecule has 0 fully saturated rings. The van der Waals surface area contributed by atoms with Gasteiger partial charge in [0.05, 0.1) is 0 Å². The van der Waals surface area contributed by atoms with Crippen molar-refractivity contribution in [3.63, 3.8) is 0 Å². The number of hydrogen-bond donors (Lipinski definition) is 0. The predicted molar refractivity (Wildman–Crippen MR) is 42.1 cm³/mol. The van der Waals surface area contributed by atoms with Gasteiger partial charge in [0.15, 0.2) is 12.4 Å². The number of aromatic nitrogens is 1. The summed E-state index contributed by atoms with van der Waals surface area (Å²) in [5, 5.41) is 8.14. The van der Waals surface area contributed by atoms with E-state index in [1.807, 2.05) is 0 Å². The number of nitriles is 1. The zero-order valence-corrected chi connectivity index (χ0v) is 6.11. The van der Waals surface area contributed by atoms with Gasteiger partial charge < -0.3 is 0 Å². The molecule has 0 atom stereocenters. The van der Waals surface area contributed by atoms with Crippen molar-refractivity contribution in [2.24, 2.45) is 0 Å². The van der Waals surface area contributed by atoms with Gasteiger partial charge in [-0.2, -0.15) is 5.26 Å². The van der Waals surface area contributed by atoms with E-state index in [1.54, 1.807) is 12.1 Å². The van der Waals surface area contributed by atoms with Crippen molar-refractivity contribution in [2.75, 3.05) is 0 Å². The molecule has 0 radical (unpaired) electrons. The van der Waals surface area contributed by atoms with E-state index in [9.17, 15) is 4.79 Å². The van der Waals surface area contributed by atoms with Crippen molar-refractivity contribution in [3.05, 3.63) is 29.6 Å². The van der Waals surface area contributed by atoms with Crippen LogP contribution in [0.15, 0.2) is 18.5 Å². The van der Waals surface area contributed by atoms with E-state index < -0.39 is 0 Å². The molecule has 12 heavy (non-hydrogen) atoms. The minimum atomic E-state index is 0.458.